The summed E-state index contributed by atoms with van der Waals surface area (Å²) < 4.78 is 0. The van der Waals surface area contributed by atoms with Crippen LogP contribution in [-0.4, -0.2) is 5.78 Å². The monoisotopic (exact) mass is 214 g/mol. The summed E-state index contributed by atoms with van der Waals surface area (Å²) in [5.74, 6) is 0.0653. The van der Waals surface area contributed by atoms with E-state index >= 15 is 0 Å². The van der Waals surface area contributed by atoms with Gasteiger partial charge in [0.05, 0.1) is 0 Å². The Morgan fingerprint density at radius 1 is 1.25 bits per heavy atom. The van der Waals surface area contributed by atoms with Crippen LogP contribution in [0.1, 0.15) is 32.3 Å². The molecule has 0 aliphatic rings. The van der Waals surface area contributed by atoms with E-state index in [4.69, 9.17) is 0 Å². The van der Waals surface area contributed by atoms with Crippen molar-refractivity contribution in [3.05, 3.63) is 54.1 Å². The van der Waals surface area contributed by atoms with Crippen LogP contribution in [-0.2, 0) is 4.79 Å². The first-order valence-electron chi connectivity index (χ1n) is 5.68. The number of allylic oxidation sites excluding steroid dienone is 3. The van der Waals surface area contributed by atoms with Crippen molar-refractivity contribution >= 4 is 11.4 Å². The maximum absolute atomic E-state index is 12.1. The Hall–Kier alpha value is -1.63. The molecule has 0 fully saturated rings. The number of benzene rings is 1. The molecule has 0 aromatic heterocycles. The molecule has 0 atom stereocenters. The van der Waals surface area contributed by atoms with Crippen molar-refractivity contribution in [1.29, 1.82) is 0 Å². The molecule has 1 heteroatoms. The predicted molar refractivity (Wildman–Crippen MR) is 69.1 cm³/mol. The van der Waals surface area contributed by atoms with Gasteiger partial charge in [-0.3, -0.25) is 4.79 Å². The largest absolute Gasteiger partial charge is 0.289 e. The van der Waals surface area contributed by atoms with Gasteiger partial charge in [0.15, 0.2) is 5.78 Å². The van der Waals surface area contributed by atoms with Crippen molar-refractivity contribution in [2.75, 3.05) is 0 Å². The zero-order valence-corrected chi connectivity index (χ0v) is 9.99. The highest BCUT2D eigenvalue weighted by Gasteiger charge is 2.12. The molecule has 0 heterocycles. The average Bonchev–Trinajstić information content (AvgIpc) is 2.35. The van der Waals surface area contributed by atoms with Crippen molar-refractivity contribution in [2.45, 2.75) is 26.7 Å². The Morgan fingerprint density at radius 3 is 2.38 bits per heavy atom. The van der Waals surface area contributed by atoms with E-state index in [1.165, 1.54) is 0 Å². The van der Waals surface area contributed by atoms with Gasteiger partial charge in [0.25, 0.3) is 0 Å². The first-order valence-corrected chi connectivity index (χ1v) is 5.68. The molecule has 0 bridgehead atoms. The Kier molecular flexibility index (Phi) is 4.71. The van der Waals surface area contributed by atoms with Crippen LogP contribution >= 0.6 is 0 Å². The third-order valence-electron chi connectivity index (χ3n) is 2.52. The fourth-order valence-corrected chi connectivity index (χ4v) is 1.61. The molecule has 0 amide bonds. The molecule has 0 radical (unpaired) electrons. The van der Waals surface area contributed by atoms with Crippen molar-refractivity contribution in [3.8, 4) is 0 Å². The fourth-order valence-electron chi connectivity index (χ4n) is 1.61. The van der Waals surface area contributed by atoms with Crippen LogP contribution in [0.2, 0.25) is 0 Å². The van der Waals surface area contributed by atoms with Gasteiger partial charge >= 0.3 is 0 Å². The first-order chi connectivity index (χ1) is 7.70. The summed E-state index contributed by atoms with van der Waals surface area (Å²) in [6.07, 6.45) is 3.63. The second-order valence-electron chi connectivity index (χ2n) is 3.66. The molecule has 1 rings (SSSR count). The summed E-state index contributed by atoms with van der Waals surface area (Å²) in [6.45, 7) is 7.92. The minimum absolute atomic E-state index is 0.0653. The molecule has 1 aromatic rings. The molecular weight excluding hydrogens is 196 g/mol. The van der Waals surface area contributed by atoms with Gasteiger partial charge in [-0.05, 0) is 24.0 Å². The van der Waals surface area contributed by atoms with Crippen LogP contribution in [0.25, 0.3) is 5.57 Å². The number of ketones is 1. The molecule has 0 aliphatic carbocycles. The summed E-state index contributed by atoms with van der Waals surface area (Å²) in [5.41, 5.74) is 2.35. The molecule has 1 nitrogen and oxygen atoms in total. The van der Waals surface area contributed by atoms with Crippen LogP contribution in [0, 0.1) is 0 Å². The molecule has 84 valence electrons. The van der Waals surface area contributed by atoms with Crippen LogP contribution < -0.4 is 0 Å². The van der Waals surface area contributed by atoms with Gasteiger partial charge in [0.2, 0.25) is 0 Å². The van der Waals surface area contributed by atoms with Gasteiger partial charge in [0, 0.05) is 5.57 Å². The highest BCUT2D eigenvalue weighted by molar-refractivity contribution is 6.27. The van der Waals surface area contributed by atoms with E-state index in [0.29, 0.717) is 5.57 Å². The van der Waals surface area contributed by atoms with Crippen molar-refractivity contribution in [1.82, 2.24) is 0 Å². The van der Waals surface area contributed by atoms with E-state index < -0.39 is 0 Å². The molecule has 16 heavy (non-hydrogen) atoms. The van der Waals surface area contributed by atoms with Gasteiger partial charge in [-0.2, -0.15) is 0 Å². The zero-order valence-electron chi connectivity index (χ0n) is 9.99. The second kappa shape index (κ2) is 6.06. The lowest BCUT2D eigenvalue weighted by Gasteiger charge is -2.07. The summed E-state index contributed by atoms with van der Waals surface area (Å²) in [5, 5.41) is 0. The van der Waals surface area contributed by atoms with Gasteiger partial charge in [-0.15, -0.1) is 0 Å². The minimum atomic E-state index is 0.0653. The second-order valence-corrected chi connectivity index (χ2v) is 3.66. The van der Waals surface area contributed by atoms with Gasteiger partial charge in [0.1, 0.15) is 0 Å². The summed E-state index contributed by atoms with van der Waals surface area (Å²) in [7, 11) is 0. The molecule has 0 spiro atoms. The lowest BCUT2D eigenvalue weighted by atomic mass is 9.96. The number of hydrogen-bond donors (Lipinski definition) is 0. The van der Waals surface area contributed by atoms with Crippen molar-refractivity contribution < 1.29 is 4.79 Å². The SMILES string of the molecule is C=C(C(=O)/C(=C/CC)CC)c1ccccc1. The van der Waals surface area contributed by atoms with E-state index in [2.05, 4.69) is 6.58 Å². The molecule has 0 saturated carbocycles. The fraction of sp³-hybridized carbons (Fsp3) is 0.267. The summed E-state index contributed by atoms with van der Waals surface area (Å²) >= 11 is 0. The molecule has 1 aromatic carbocycles. The van der Waals surface area contributed by atoms with Crippen molar-refractivity contribution in [2.24, 2.45) is 0 Å². The van der Waals surface area contributed by atoms with Crippen LogP contribution in [0.15, 0.2) is 48.6 Å². The zero-order chi connectivity index (χ0) is 12.0. The van der Waals surface area contributed by atoms with E-state index in [9.17, 15) is 4.79 Å². The molecule has 0 aliphatic heterocycles. The third-order valence-corrected chi connectivity index (χ3v) is 2.52. The minimum Gasteiger partial charge on any atom is -0.289 e. The van der Waals surface area contributed by atoms with E-state index in [0.717, 1.165) is 24.0 Å². The van der Waals surface area contributed by atoms with E-state index in [1.807, 2.05) is 50.3 Å². The highest BCUT2D eigenvalue weighted by Crippen LogP contribution is 2.18. The number of carbonyl (C=O) groups excluding carboxylic acids is 1. The Balaban J connectivity index is 2.91. The maximum Gasteiger partial charge on any atom is 0.188 e. The molecule has 0 N–H and O–H groups in total. The number of Topliss-reactive ketones (excluding diaryl/α,β-unsaturated/α-hetero) is 1. The quantitative estimate of drug-likeness (QED) is 0.677. The Morgan fingerprint density at radius 2 is 1.88 bits per heavy atom. The summed E-state index contributed by atoms with van der Waals surface area (Å²) in [6, 6.07) is 9.61. The van der Waals surface area contributed by atoms with Crippen molar-refractivity contribution in [3.63, 3.8) is 0 Å². The van der Waals surface area contributed by atoms with E-state index in [-0.39, 0.29) is 5.78 Å². The van der Waals surface area contributed by atoms with Crippen LogP contribution in [0.3, 0.4) is 0 Å². The Labute approximate surface area is 97.5 Å². The first kappa shape index (κ1) is 12.4. The smallest absolute Gasteiger partial charge is 0.188 e. The van der Waals surface area contributed by atoms with E-state index in [1.54, 1.807) is 0 Å². The van der Waals surface area contributed by atoms with Crippen LogP contribution in [0.5, 0.6) is 0 Å². The number of rotatable bonds is 5. The highest BCUT2D eigenvalue weighted by atomic mass is 16.1. The lowest BCUT2D eigenvalue weighted by molar-refractivity contribution is -0.110. The summed E-state index contributed by atoms with van der Waals surface area (Å²) in [4.78, 5) is 12.1. The topological polar surface area (TPSA) is 17.1 Å². The third kappa shape index (κ3) is 2.93. The molecular formula is C15H18O. The van der Waals surface area contributed by atoms with Gasteiger partial charge in [-0.1, -0.05) is 56.8 Å². The lowest BCUT2D eigenvalue weighted by Crippen LogP contribution is -2.04. The Bertz CT molecular complexity index is 399. The van der Waals surface area contributed by atoms with Gasteiger partial charge < -0.3 is 0 Å². The average molecular weight is 214 g/mol. The standard InChI is InChI=1S/C15H18O/c1-4-9-13(5-2)15(16)12(3)14-10-7-6-8-11-14/h6-11H,3-5H2,1-2H3/b13-9+. The maximum atomic E-state index is 12.1. The predicted octanol–water partition coefficient (Wildman–Crippen LogP) is 4.02. The van der Waals surface area contributed by atoms with Gasteiger partial charge in [-0.25, -0.2) is 0 Å². The normalized spacial score (nSPS) is 11.2. The van der Waals surface area contributed by atoms with Crippen LogP contribution in [0.4, 0.5) is 0 Å². The molecule has 0 unspecified atom stereocenters. The number of hydrogen-bond acceptors (Lipinski definition) is 1. The molecule has 0 saturated heterocycles. The number of carbonyl (C=O) groups is 1.